The lowest BCUT2D eigenvalue weighted by molar-refractivity contribution is 1.12. The molecule has 0 bridgehead atoms. The number of nitrogens with zero attached hydrogens (tertiary/aromatic N) is 1. The van der Waals surface area contributed by atoms with Crippen molar-refractivity contribution in [1.29, 1.82) is 0 Å². The van der Waals surface area contributed by atoms with E-state index in [2.05, 4.69) is 13.0 Å². The second-order valence-corrected chi connectivity index (χ2v) is 4.60. The Morgan fingerprint density at radius 2 is 2.08 bits per heavy atom. The van der Waals surface area contributed by atoms with Crippen molar-refractivity contribution in [2.45, 2.75) is 11.8 Å². The van der Waals surface area contributed by atoms with Gasteiger partial charge in [-0.2, -0.15) is 0 Å². The van der Waals surface area contributed by atoms with E-state index in [-0.39, 0.29) is 0 Å². The number of anilines is 1. The summed E-state index contributed by atoms with van der Waals surface area (Å²) in [6.07, 6.45) is 0. The normalized spacial score (nSPS) is 10.2. The Kier molecular flexibility index (Phi) is 3.94. The average molecular weight is 216 g/mol. The molecular formula is C10H14ClNS. The lowest BCUT2D eigenvalue weighted by Gasteiger charge is -2.15. The van der Waals surface area contributed by atoms with Crippen molar-refractivity contribution in [3.8, 4) is 0 Å². The summed E-state index contributed by atoms with van der Waals surface area (Å²) < 4.78 is 0. The first-order chi connectivity index (χ1) is 6.16. The van der Waals surface area contributed by atoms with Crippen LogP contribution in [0.5, 0.6) is 0 Å². The van der Waals surface area contributed by atoms with Crippen molar-refractivity contribution in [2.75, 3.05) is 24.7 Å². The minimum Gasteiger partial charge on any atom is -0.376 e. The highest BCUT2D eigenvalue weighted by atomic mass is 35.5. The first kappa shape index (κ1) is 10.7. The Bertz CT molecular complexity index is 286. The maximum absolute atomic E-state index is 6.22. The smallest absolute Gasteiger partial charge is 0.0775 e. The quantitative estimate of drug-likeness (QED) is 0.710. The SMILES string of the molecule is CCSc1cccc(N(C)C)c1Cl. The summed E-state index contributed by atoms with van der Waals surface area (Å²) in [5.74, 6) is 1.05. The first-order valence-electron chi connectivity index (χ1n) is 4.25. The van der Waals surface area contributed by atoms with Gasteiger partial charge in [-0.3, -0.25) is 0 Å². The van der Waals surface area contributed by atoms with Gasteiger partial charge < -0.3 is 4.90 Å². The molecule has 0 aliphatic carbocycles. The third-order valence-corrected chi connectivity index (χ3v) is 3.17. The zero-order chi connectivity index (χ0) is 9.84. The summed E-state index contributed by atoms with van der Waals surface area (Å²) in [5.41, 5.74) is 1.08. The maximum atomic E-state index is 6.22. The van der Waals surface area contributed by atoms with E-state index in [4.69, 9.17) is 11.6 Å². The van der Waals surface area contributed by atoms with Crippen molar-refractivity contribution >= 4 is 29.1 Å². The van der Waals surface area contributed by atoms with Gasteiger partial charge >= 0.3 is 0 Å². The van der Waals surface area contributed by atoms with E-state index in [0.717, 1.165) is 21.4 Å². The Morgan fingerprint density at radius 1 is 1.38 bits per heavy atom. The minimum absolute atomic E-state index is 0.861. The number of halogens is 1. The Hall–Kier alpha value is -0.340. The first-order valence-corrected chi connectivity index (χ1v) is 5.61. The van der Waals surface area contributed by atoms with Crippen LogP contribution in [0.4, 0.5) is 5.69 Å². The standard InChI is InChI=1S/C10H14ClNS/c1-4-13-9-7-5-6-8(10(9)11)12(2)3/h5-7H,4H2,1-3H3. The topological polar surface area (TPSA) is 3.24 Å². The van der Waals surface area contributed by atoms with Gasteiger partial charge in [0.05, 0.1) is 10.7 Å². The van der Waals surface area contributed by atoms with Gasteiger partial charge in [-0.25, -0.2) is 0 Å². The highest BCUT2D eigenvalue weighted by Crippen LogP contribution is 2.34. The van der Waals surface area contributed by atoms with Crippen molar-refractivity contribution in [2.24, 2.45) is 0 Å². The van der Waals surface area contributed by atoms with Gasteiger partial charge in [0.1, 0.15) is 0 Å². The number of hydrogen-bond acceptors (Lipinski definition) is 2. The fraction of sp³-hybridized carbons (Fsp3) is 0.400. The van der Waals surface area contributed by atoms with Crippen LogP contribution in [0, 0.1) is 0 Å². The zero-order valence-electron chi connectivity index (χ0n) is 8.17. The highest BCUT2D eigenvalue weighted by molar-refractivity contribution is 7.99. The largest absolute Gasteiger partial charge is 0.376 e. The monoisotopic (exact) mass is 215 g/mol. The van der Waals surface area contributed by atoms with Crippen molar-refractivity contribution < 1.29 is 0 Å². The lowest BCUT2D eigenvalue weighted by Crippen LogP contribution is -2.09. The second kappa shape index (κ2) is 4.77. The molecule has 1 nitrogen and oxygen atoms in total. The molecule has 1 aromatic carbocycles. The summed E-state index contributed by atoms with van der Waals surface area (Å²) >= 11 is 7.99. The van der Waals surface area contributed by atoms with Crippen LogP contribution in [-0.2, 0) is 0 Å². The van der Waals surface area contributed by atoms with Crippen LogP contribution >= 0.6 is 23.4 Å². The van der Waals surface area contributed by atoms with Gasteiger partial charge in [0.15, 0.2) is 0 Å². The molecule has 0 radical (unpaired) electrons. The number of rotatable bonds is 3. The molecule has 0 fully saturated rings. The molecule has 0 unspecified atom stereocenters. The lowest BCUT2D eigenvalue weighted by atomic mass is 10.3. The van der Waals surface area contributed by atoms with E-state index < -0.39 is 0 Å². The fourth-order valence-corrected chi connectivity index (χ4v) is 2.29. The minimum atomic E-state index is 0.861. The molecule has 0 amide bonds. The van der Waals surface area contributed by atoms with E-state index in [1.54, 1.807) is 11.8 Å². The molecule has 1 rings (SSSR count). The third-order valence-electron chi connectivity index (χ3n) is 1.72. The molecule has 0 N–H and O–H groups in total. The van der Waals surface area contributed by atoms with Crippen LogP contribution < -0.4 is 4.90 Å². The molecular weight excluding hydrogens is 202 g/mol. The van der Waals surface area contributed by atoms with Crippen LogP contribution in [0.25, 0.3) is 0 Å². The van der Waals surface area contributed by atoms with E-state index in [0.29, 0.717) is 0 Å². The van der Waals surface area contributed by atoms with Gasteiger partial charge in [0, 0.05) is 19.0 Å². The van der Waals surface area contributed by atoms with Crippen molar-refractivity contribution in [3.05, 3.63) is 23.2 Å². The van der Waals surface area contributed by atoms with E-state index in [9.17, 15) is 0 Å². The maximum Gasteiger partial charge on any atom is 0.0775 e. The Labute approximate surface area is 89.1 Å². The molecule has 0 aromatic heterocycles. The van der Waals surface area contributed by atoms with Gasteiger partial charge in [-0.05, 0) is 17.9 Å². The van der Waals surface area contributed by atoms with E-state index in [1.807, 2.05) is 31.1 Å². The molecule has 72 valence electrons. The molecule has 0 aliphatic rings. The number of benzene rings is 1. The van der Waals surface area contributed by atoms with Crippen LogP contribution in [0.1, 0.15) is 6.92 Å². The molecule has 0 heterocycles. The zero-order valence-corrected chi connectivity index (χ0v) is 9.75. The van der Waals surface area contributed by atoms with Gasteiger partial charge in [-0.1, -0.05) is 24.6 Å². The Morgan fingerprint density at radius 3 is 2.62 bits per heavy atom. The molecule has 1 aromatic rings. The predicted molar refractivity (Wildman–Crippen MR) is 62.2 cm³/mol. The Balaban J connectivity index is 3.03. The molecule has 0 spiro atoms. The van der Waals surface area contributed by atoms with Gasteiger partial charge in [0.2, 0.25) is 0 Å². The average Bonchev–Trinajstić information content (AvgIpc) is 2.08. The summed E-state index contributed by atoms with van der Waals surface area (Å²) in [5, 5.41) is 0.861. The third kappa shape index (κ3) is 2.55. The number of hydrogen-bond donors (Lipinski definition) is 0. The molecule has 13 heavy (non-hydrogen) atoms. The summed E-state index contributed by atoms with van der Waals surface area (Å²) in [4.78, 5) is 3.19. The molecule has 0 saturated heterocycles. The second-order valence-electron chi connectivity index (χ2n) is 2.92. The van der Waals surface area contributed by atoms with Crippen LogP contribution in [0.15, 0.2) is 23.1 Å². The fourth-order valence-electron chi connectivity index (χ4n) is 1.11. The van der Waals surface area contributed by atoms with E-state index >= 15 is 0 Å². The highest BCUT2D eigenvalue weighted by Gasteiger charge is 2.06. The predicted octanol–water partition coefficient (Wildman–Crippen LogP) is 3.52. The number of thioether (sulfide) groups is 1. The van der Waals surface area contributed by atoms with Crippen molar-refractivity contribution in [1.82, 2.24) is 0 Å². The molecule has 0 atom stereocenters. The molecule has 0 aliphatic heterocycles. The molecule has 3 heteroatoms. The summed E-state index contributed by atoms with van der Waals surface area (Å²) in [6, 6.07) is 6.13. The van der Waals surface area contributed by atoms with Crippen molar-refractivity contribution in [3.63, 3.8) is 0 Å². The van der Waals surface area contributed by atoms with Gasteiger partial charge in [0.25, 0.3) is 0 Å². The van der Waals surface area contributed by atoms with Crippen LogP contribution in [0.3, 0.4) is 0 Å². The molecule has 0 saturated carbocycles. The van der Waals surface area contributed by atoms with Crippen LogP contribution in [0.2, 0.25) is 5.02 Å². The summed E-state index contributed by atoms with van der Waals surface area (Å²) in [7, 11) is 4.00. The van der Waals surface area contributed by atoms with Crippen LogP contribution in [-0.4, -0.2) is 19.8 Å². The van der Waals surface area contributed by atoms with E-state index in [1.165, 1.54) is 0 Å². The summed E-state index contributed by atoms with van der Waals surface area (Å²) in [6.45, 7) is 2.13. The van der Waals surface area contributed by atoms with Gasteiger partial charge in [-0.15, -0.1) is 11.8 Å².